The van der Waals surface area contributed by atoms with Crippen molar-refractivity contribution in [1.29, 1.82) is 0 Å². The molecule has 1 aliphatic rings. The quantitative estimate of drug-likeness (QED) is 0.790. The minimum atomic E-state index is 0.256. The van der Waals surface area contributed by atoms with Crippen molar-refractivity contribution < 1.29 is 4.79 Å². The van der Waals surface area contributed by atoms with E-state index < -0.39 is 0 Å². The van der Waals surface area contributed by atoms with Gasteiger partial charge in [-0.25, -0.2) is 0 Å². The highest BCUT2D eigenvalue weighted by atomic mass is 79.9. The van der Waals surface area contributed by atoms with Crippen LogP contribution in [0.1, 0.15) is 38.0 Å². The Kier molecular flexibility index (Phi) is 4.42. The number of carbonyl (C=O) groups excluding carboxylic acids is 1. The summed E-state index contributed by atoms with van der Waals surface area (Å²) in [6.07, 6.45) is 3.90. The molecule has 0 aromatic carbocycles. The molecular weight excluding hydrogens is 296 g/mol. The van der Waals surface area contributed by atoms with E-state index in [9.17, 15) is 4.79 Å². The van der Waals surface area contributed by atoms with Crippen LogP contribution in [0.2, 0.25) is 0 Å². The van der Waals surface area contributed by atoms with E-state index >= 15 is 0 Å². The second-order valence-electron chi connectivity index (χ2n) is 5.34. The summed E-state index contributed by atoms with van der Waals surface area (Å²) in [7, 11) is 0. The SMILES string of the molecule is CC(C)C1CCC(=O)C(Cc2sccc2Br)C1. The first-order chi connectivity index (χ1) is 8.08. The summed E-state index contributed by atoms with van der Waals surface area (Å²) in [4.78, 5) is 13.3. The van der Waals surface area contributed by atoms with Gasteiger partial charge in [0.05, 0.1) is 0 Å². The number of ketones is 1. The molecule has 0 N–H and O–H groups in total. The summed E-state index contributed by atoms with van der Waals surface area (Å²) in [5.41, 5.74) is 0. The number of thiophene rings is 1. The Morgan fingerprint density at radius 3 is 2.88 bits per heavy atom. The molecule has 0 saturated heterocycles. The molecule has 3 heteroatoms. The minimum absolute atomic E-state index is 0.256. The highest BCUT2D eigenvalue weighted by molar-refractivity contribution is 9.10. The first-order valence-electron chi connectivity index (χ1n) is 6.32. The highest BCUT2D eigenvalue weighted by Crippen LogP contribution is 2.35. The van der Waals surface area contributed by atoms with Crippen molar-refractivity contribution in [2.75, 3.05) is 0 Å². The van der Waals surface area contributed by atoms with E-state index in [1.54, 1.807) is 11.3 Å². The number of halogens is 1. The van der Waals surface area contributed by atoms with E-state index in [2.05, 4.69) is 41.2 Å². The molecule has 2 unspecified atom stereocenters. The van der Waals surface area contributed by atoms with Crippen LogP contribution in [0.25, 0.3) is 0 Å². The second kappa shape index (κ2) is 5.66. The van der Waals surface area contributed by atoms with Crippen molar-refractivity contribution in [3.8, 4) is 0 Å². The van der Waals surface area contributed by atoms with Crippen LogP contribution in [-0.2, 0) is 11.2 Å². The smallest absolute Gasteiger partial charge is 0.136 e. The summed E-state index contributed by atoms with van der Waals surface area (Å²) < 4.78 is 1.17. The molecule has 0 aliphatic heterocycles. The van der Waals surface area contributed by atoms with Gasteiger partial charge in [0.1, 0.15) is 5.78 Å². The summed E-state index contributed by atoms with van der Waals surface area (Å²) in [5, 5.41) is 2.09. The topological polar surface area (TPSA) is 17.1 Å². The Hall–Kier alpha value is -0.150. The predicted molar refractivity (Wildman–Crippen MR) is 76.4 cm³/mol. The minimum Gasteiger partial charge on any atom is -0.299 e. The molecule has 1 aliphatic carbocycles. The van der Waals surface area contributed by atoms with Crippen molar-refractivity contribution in [3.05, 3.63) is 20.8 Å². The average Bonchev–Trinajstić information content (AvgIpc) is 2.67. The van der Waals surface area contributed by atoms with E-state index in [4.69, 9.17) is 0 Å². The van der Waals surface area contributed by atoms with Gasteiger partial charge in [0.25, 0.3) is 0 Å². The maximum absolute atomic E-state index is 12.0. The van der Waals surface area contributed by atoms with Crippen molar-refractivity contribution in [1.82, 2.24) is 0 Å². The molecular formula is C14H19BrOS. The van der Waals surface area contributed by atoms with Crippen molar-refractivity contribution in [2.45, 2.75) is 39.5 Å². The van der Waals surface area contributed by atoms with Crippen LogP contribution in [-0.4, -0.2) is 5.78 Å². The lowest BCUT2D eigenvalue weighted by molar-refractivity contribution is -0.125. The Balaban J connectivity index is 2.03. The Labute approximate surface area is 116 Å². The molecule has 1 saturated carbocycles. The molecule has 1 fully saturated rings. The normalized spacial score (nSPS) is 25.5. The third-order valence-electron chi connectivity index (χ3n) is 3.87. The zero-order valence-electron chi connectivity index (χ0n) is 10.4. The van der Waals surface area contributed by atoms with Crippen LogP contribution in [0.3, 0.4) is 0 Å². The standard InChI is InChI=1S/C14H19BrOS/c1-9(2)10-3-4-13(16)11(7-10)8-14-12(15)5-6-17-14/h5-6,9-11H,3-4,7-8H2,1-2H3. The second-order valence-corrected chi connectivity index (χ2v) is 7.19. The zero-order valence-corrected chi connectivity index (χ0v) is 12.8. The van der Waals surface area contributed by atoms with Gasteiger partial charge < -0.3 is 0 Å². The Morgan fingerprint density at radius 1 is 1.53 bits per heavy atom. The first kappa shape index (κ1) is 13.3. The third-order valence-corrected chi connectivity index (χ3v) is 5.82. The predicted octanol–water partition coefficient (Wildman–Crippen LogP) is 4.69. The largest absolute Gasteiger partial charge is 0.299 e. The molecule has 0 spiro atoms. The fourth-order valence-corrected chi connectivity index (χ4v) is 4.24. The van der Waals surface area contributed by atoms with E-state index in [1.807, 2.05) is 0 Å². The van der Waals surface area contributed by atoms with Crippen LogP contribution in [0, 0.1) is 17.8 Å². The van der Waals surface area contributed by atoms with E-state index in [0.29, 0.717) is 11.7 Å². The summed E-state index contributed by atoms with van der Waals surface area (Å²) in [6.45, 7) is 4.55. The van der Waals surface area contributed by atoms with Crippen LogP contribution in [0.5, 0.6) is 0 Å². The molecule has 0 amide bonds. The Morgan fingerprint density at radius 2 is 2.29 bits per heavy atom. The first-order valence-corrected chi connectivity index (χ1v) is 7.99. The van der Waals surface area contributed by atoms with E-state index in [-0.39, 0.29) is 5.92 Å². The van der Waals surface area contributed by atoms with Crippen LogP contribution >= 0.6 is 27.3 Å². The molecule has 1 aromatic rings. The number of Topliss-reactive ketones (excluding diaryl/α,β-unsaturated/α-hetero) is 1. The summed E-state index contributed by atoms with van der Waals surface area (Å²) in [5.74, 6) is 2.17. The lowest BCUT2D eigenvalue weighted by atomic mass is 9.74. The van der Waals surface area contributed by atoms with Gasteiger partial charge in [-0.1, -0.05) is 13.8 Å². The van der Waals surface area contributed by atoms with Gasteiger partial charge in [0, 0.05) is 21.7 Å². The summed E-state index contributed by atoms with van der Waals surface area (Å²) >= 11 is 5.31. The fourth-order valence-electron chi connectivity index (χ4n) is 2.64. The molecule has 1 heterocycles. The van der Waals surface area contributed by atoms with Gasteiger partial charge in [-0.15, -0.1) is 11.3 Å². The number of hydrogen-bond acceptors (Lipinski definition) is 2. The number of carbonyl (C=O) groups is 1. The van der Waals surface area contributed by atoms with E-state index in [1.165, 1.54) is 9.35 Å². The summed E-state index contributed by atoms with van der Waals surface area (Å²) in [6, 6.07) is 2.08. The van der Waals surface area contributed by atoms with Crippen molar-refractivity contribution >= 4 is 33.0 Å². The lowest BCUT2D eigenvalue weighted by Gasteiger charge is -2.30. The average molecular weight is 315 g/mol. The van der Waals surface area contributed by atoms with Gasteiger partial charge in [-0.05, 0) is 58.5 Å². The lowest BCUT2D eigenvalue weighted by Crippen LogP contribution is -2.28. The van der Waals surface area contributed by atoms with Crippen molar-refractivity contribution in [3.63, 3.8) is 0 Å². The van der Waals surface area contributed by atoms with Gasteiger partial charge >= 0.3 is 0 Å². The maximum Gasteiger partial charge on any atom is 0.136 e. The van der Waals surface area contributed by atoms with Gasteiger partial charge in [0.15, 0.2) is 0 Å². The zero-order chi connectivity index (χ0) is 12.4. The Bertz CT molecular complexity index is 397. The molecule has 2 rings (SSSR count). The molecule has 1 nitrogen and oxygen atoms in total. The number of hydrogen-bond donors (Lipinski definition) is 0. The van der Waals surface area contributed by atoms with Gasteiger partial charge in [0.2, 0.25) is 0 Å². The molecule has 17 heavy (non-hydrogen) atoms. The molecule has 94 valence electrons. The monoisotopic (exact) mass is 314 g/mol. The molecule has 1 aromatic heterocycles. The van der Waals surface area contributed by atoms with Crippen molar-refractivity contribution in [2.24, 2.45) is 17.8 Å². The fraction of sp³-hybridized carbons (Fsp3) is 0.643. The highest BCUT2D eigenvalue weighted by Gasteiger charge is 2.30. The maximum atomic E-state index is 12.0. The molecule has 2 atom stereocenters. The third kappa shape index (κ3) is 3.19. The number of rotatable bonds is 3. The van der Waals surface area contributed by atoms with Gasteiger partial charge in [-0.2, -0.15) is 0 Å². The van der Waals surface area contributed by atoms with Gasteiger partial charge in [-0.3, -0.25) is 4.79 Å². The molecule has 0 radical (unpaired) electrons. The van der Waals surface area contributed by atoms with Crippen LogP contribution in [0.15, 0.2) is 15.9 Å². The molecule has 0 bridgehead atoms. The van der Waals surface area contributed by atoms with Crippen LogP contribution < -0.4 is 0 Å². The van der Waals surface area contributed by atoms with Crippen LogP contribution in [0.4, 0.5) is 0 Å². The van der Waals surface area contributed by atoms with E-state index in [0.717, 1.165) is 31.6 Å².